The molecule has 0 aliphatic rings. The average molecular weight is 355 g/mol. The van der Waals surface area contributed by atoms with E-state index in [4.69, 9.17) is 16.3 Å². The van der Waals surface area contributed by atoms with Gasteiger partial charge in [-0.3, -0.25) is 0 Å². The molecular formula is C16H17BrClNO. The van der Waals surface area contributed by atoms with Crippen molar-refractivity contribution in [2.45, 2.75) is 13.0 Å². The lowest BCUT2D eigenvalue weighted by molar-refractivity contribution is 0.405. The second-order valence-electron chi connectivity index (χ2n) is 4.61. The van der Waals surface area contributed by atoms with Crippen molar-refractivity contribution in [2.75, 3.05) is 14.2 Å². The van der Waals surface area contributed by atoms with Gasteiger partial charge in [-0.05, 0) is 55.4 Å². The van der Waals surface area contributed by atoms with Crippen LogP contribution in [0.15, 0.2) is 40.9 Å². The number of hydrogen-bond acceptors (Lipinski definition) is 2. The minimum Gasteiger partial charge on any atom is -0.496 e. The number of methoxy groups -OCH3 is 1. The number of nitrogens with one attached hydrogen (secondary N) is 1. The average Bonchev–Trinajstić information content (AvgIpc) is 2.44. The molecule has 0 aliphatic heterocycles. The third kappa shape index (κ3) is 3.17. The third-order valence-corrected chi connectivity index (χ3v) is 4.07. The second kappa shape index (κ2) is 6.61. The third-order valence-electron chi connectivity index (χ3n) is 3.34. The Labute approximate surface area is 133 Å². The molecule has 4 heteroatoms. The summed E-state index contributed by atoms with van der Waals surface area (Å²) >= 11 is 9.66. The van der Waals surface area contributed by atoms with Gasteiger partial charge in [0.2, 0.25) is 0 Å². The minimum absolute atomic E-state index is 0.0288. The van der Waals surface area contributed by atoms with Crippen molar-refractivity contribution in [3.63, 3.8) is 0 Å². The lowest BCUT2D eigenvalue weighted by atomic mass is 9.94. The maximum absolute atomic E-state index is 6.14. The highest BCUT2D eigenvalue weighted by Crippen LogP contribution is 2.34. The molecule has 1 atom stereocenters. The highest BCUT2D eigenvalue weighted by atomic mass is 79.9. The summed E-state index contributed by atoms with van der Waals surface area (Å²) in [6.07, 6.45) is 0. The Morgan fingerprint density at radius 2 is 1.90 bits per heavy atom. The van der Waals surface area contributed by atoms with E-state index in [0.29, 0.717) is 0 Å². The smallest absolute Gasteiger partial charge is 0.124 e. The van der Waals surface area contributed by atoms with Crippen LogP contribution < -0.4 is 10.1 Å². The first kappa shape index (κ1) is 15.4. The highest BCUT2D eigenvalue weighted by molar-refractivity contribution is 9.10. The van der Waals surface area contributed by atoms with Crippen LogP contribution in [0.3, 0.4) is 0 Å². The highest BCUT2D eigenvalue weighted by Gasteiger charge is 2.19. The summed E-state index contributed by atoms with van der Waals surface area (Å²) in [5, 5.41) is 4.08. The summed E-state index contributed by atoms with van der Waals surface area (Å²) in [6, 6.07) is 12.0. The van der Waals surface area contributed by atoms with Gasteiger partial charge < -0.3 is 10.1 Å². The molecule has 1 unspecified atom stereocenters. The predicted octanol–water partition coefficient (Wildman–Crippen LogP) is 4.73. The largest absolute Gasteiger partial charge is 0.496 e. The van der Waals surface area contributed by atoms with Crippen LogP contribution in [0.1, 0.15) is 22.7 Å². The molecule has 1 N–H and O–H groups in total. The predicted molar refractivity (Wildman–Crippen MR) is 87.8 cm³/mol. The van der Waals surface area contributed by atoms with Crippen LogP contribution in [0, 0.1) is 6.92 Å². The Morgan fingerprint density at radius 1 is 1.15 bits per heavy atom. The number of rotatable bonds is 4. The molecule has 0 fully saturated rings. The van der Waals surface area contributed by atoms with Gasteiger partial charge >= 0.3 is 0 Å². The van der Waals surface area contributed by atoms with E-state index in [1.807, 2.05) is 37.4 Å². The van der Waals surface area contributed by atoms with Crippen LogP contribution in [0.25, 0.3) is 0 Å². The summed E-state index contributed by atoms with van der Waals surface area (Å²) in [6.45, 7) is 2.08. The topological polar surface area (TPSA) is 21.3 Å². The first-order valence-corrected chi connectivity index (χ1v) is 7.50. The van der Waals surface area contributed by atoms with E-state index in [1.54, 1.807) is 7.11 Å². The molecule has 0 saturated heterocycles. The zero-order valence-corrected chi connectivity index (χ0v) is 14.0. The van der Waals surface area contributed by atoms with Crippen molar-refractivity contribution >= 4 is 27.5 Å². The Hall–Kier alpha value is -1.03. The monoisotopic (exact) mass is 353 g/mol. The second-order valence-corrected chi connectivity index (χ2v) is 5.96. The van der Waals surface area contributed by atoms with Crippen molar-refractivity contribution in [1.82, 2.24) is 5.32 Å². The van der Waals surface area contributed by atoms with Crippen LogP contribution in [-0.2, 0) is 0 Å². The van der Waals surface area contributed by atoms with E-state index in [2.05, 4.69) is 34.2 Å². The van der Waals surface area contributed by atoms with Gasteiger partial charge in [-0.2, -0.15) is 0 Å². The molecule has 2 nitrogen and oxygen atoms in total. The lowest BCUT2D eigenvalue weighted by Gasteiger charge is -2.22. The fourth-order valence-corrected chi connectivity index (χ4v) is 2.89. The summed E-state index contributed by atoms with van der Waals surface area (Å²) in [4.78, 5) is 0. The molecule has 0 aliphatic carbocycles. The molecule has 0 amide bonds. The molecule has 0 bridgehead atoms. The summed E-state index contributed by atoms with van der Waals surface area (Å²) in [5.41, 5.74) is 3.42. The normalized spacial score (nSPS) is 12.2. The van der Waals surface area contributed by atoms with E-state index in [0.717, 1.165) is 26.4 Å². The van der Waals surface area contributed by atoms with Gasteiger partial charge in [0.05, 0.1) is 13.2 Å². The first-order chi connectivity index (χ1) is 9.56. The van der Waals surface area contributed by atoms with Crippen molar-refractivity contribution in [3.8, 4) is 5.75 Å². The molecule has 106 valence electrons. The van der Waals surface area contributed by atoms with E-state index in [-0.39, 0.29) is 6.04 Å². The Balaban J connectivity index is 2.57. The molecule has 20 heavy (non-hydrogen) atoms. The number of aryl methyl sites for hydroxylation is 1. The van der Waals surface area contributed by atoms with E-state index < -0.39 is 0 Å². The SMILES string of the molecule is CNC(c1cc(Cl)ccc1C)c1cc(Br)ccc1OC. The van der Waals surface area contributed by atoms with Gasteiger partial charge in [0, 0.05) is 15.1 Å². The quantitative estimate of drug-likeness (QED) is 0.857. The summed E-state index contributed by atoms with van der Waals surface area (Å²) in [7, 11) is 3.62. The fraction of sp³-hybridized carbons (Fsp3) is 0.250. The molecule has 0 radical (unpaired) electrons. The number of ether oxygens (including phenoxy) is 1. The van der Waals surface area contributed by atoms with Crippen molar-refractivity contribution in [2.24, 2.45) is 0 Å². The number of hydrogen-bond donors (Lipinski definition) is 1. The lowest BCUT2D eigenvalue weighted by Crippen LogP contribution is -2.19. The van der Waals surface area contributed by atoms with E-state index in [9.17, 15) is 0 Å². The Bertz CT molecular complexity index is 615. The van der Waals surface area contributed by atoms with Crippen molar-refractivity contribution < 1.29 is 4.74 Å². The zero-order chi connectivity index (χ0) is 14.7. The molecule has 0 saturated carbocycles. The van der Waals surface area contributed by atoms with Crippen LogP contribution in [-0.4, -0.2) is 14.2 Å². The van der Waals surface area contributed by atoms with Gasteiger partial charge in [-0.15, -0.1) is 0 Å². The minimum atomic E-state index is 0.0288. The molecule has 0 aromatic heterocycles. The van der Waals surface area contributed by atoms with Crippen molar-refractivity contribution in [3.05, 3.63) is 62.6 Å². The van der Waals surface area contributed by atoms with E-state index in [1.165, 1.54) is 5.56 Å². The van der Waals surface area contributed by atoms with Gasteiger partial charge in [-0.25, -0.2) is 0 Å². The van der Waals surface area contributed by atoms with Crippen molar-refractivity contribution in [1.29, 1.82) is 0 Å². The summed E-state index contributed by atoms with van der Waals surface area (Å²) in [5.74, 6) is 0.854. The Morgan fingerprint density at radius 3 is 2.55 bits per heavy atom. The number of halogens is 2. The van der Waals surface area contributed by atoms with Crippen LogP contribution in [0.2, 0.25) is 5.02 Å². The van der Waals surface area contributed by atoms with Gasteiger partial charge in [0.1, 0.15) is 5.75 Å². The van der Waals surface area contributed by atoms with Crippen LogP contribution in [0.4, 0.5) is 0 Å². The van der Waals surface area contributed by atoms with Crippen LogP contribution in [0.5, 0.6) is 5.75 Å². The maximum Gasteiger partial charge on any atom is 0.124 e. The maximum atomic E-state index is 6.14. The Kier molecular flexibility index (Phi) is 5.08. The van der Waals surface area contributed by atoms with E-state index >= 15 is 0 Å². The zero-order valence-electron chi connectivity index (χ0n) is 11.7. The van der Waals surface area contributed by atoms with Gasteiger partial charge in [0.15, 0.2) is 0 Å². The molecule has 2 rings (SSSR count). The molecule has 0 spiro atoms. The van der Waals surface area contributed by atoms with Gasteiger partial charge in [-0.1, -0.05) is 33.6 Å². The van der Waals surface area contributed by atoms with Crippen LogP contribution >= 0.6 is 27.5 Å². The molecule has 2 aromatic carbocycles. The first-order valence-electron chi connectivity index (χ1n) is 6.33. The fourth-order valence-electron chi connectivity index (χ4n) is 2.33. The standard InChI is InChI=1S/C16H17BrClNO/c1-10-4-6-12(18)9-13(10)16(19-2)14-8-11(17)5-7-15(14)20-3/h4-9,16,19H,1-3H3. The molecular weight excluding hydrogens is 338 g/mol. The molecule has 2 aromatic rings. The number of benzene rings is 2. The molecule has 0 heterocycles. The summed E-state index contributed by atoms with van der Waals surface area (Å²) < 4.78 is 6.50. The van der Waals surface area contributed by atoms with Gasteiger partial charge in [0.25, 0.3) is 0 Å².